The number of carbonyl (C=O) groups excluding carboxylic acids is 1. The molecule has 1 aromatic carbocycles. The van der Waals surface area contributed by atoms with Gasteiger partial charge < -0.3 is 15.8 Å². The third kappa shape index (κ3) is 2.99. The second-order valence-corrected chi connectivity index (χ2v) is 5.60. The van der Waals surface area contributed by atoms with Crippen molar-refractivity contribution in [2.75, 3.05) is 13.2 Å². The number of amides is 1. The van der Waals surface area contributed by atoms with Crippen LogP contribution in [0.4, 0.5) is 0 Å². The molecular formula is C15H20N2O2S. The summed E-state index contributed by atoms with van der Waals surface area (Å²) in [6.45, 7) is 2.99. The summed E-state index contributed by atoms with van der Waals surface area (Å²) < 4.78 is 5.32. The average Bonchev–Trinajstić information content (AvgIpc) is 2.48. The SMILES string of the molecule is CC(NC(=O)C1(C(N)=S)CCOCC1)c1ccccc1. The Hall–Kier alpha value is -1.46. The monoisotopic (exact) mass is 292 g/mol. The van der Waals surface area contributed by atoms with Gasteiger partial charge in [-0.05, 0) is 25.3 Å². The predicted molar refractivity (Wildman–Crippen MR) is 82.3 cm³/mol. The number of rotatable bonds is 4. The van der Waals surface area contributed by atoms with Gasteiger partial charge >= 0.3 is 0 Å². The minimum Gasteiger partial charge on any atom is -0.392 e. The molecule has 3 N–H and O–H groups in total. The van der Waals surface area contributed by atoms with Crippen LogP contribution >= 0.6 is 12.2 Å². The highest BCUT2D eigenvalue weighted by Crippen LogP contribution is 2.32. The number of hydrogen-bond acceptors (Lipinski definition) is 3. The van der Waals surface area contributed by atoms with Crippen molar-refractivity contribution in [2.24, 2.45) is 11.1 Å². The van der Waals surface area contributed by atoms with Crippen molar-refractivity contribution in [3.05, 3.63) is 35.9 Å². The molecule has 1 aliphatic rings. The quantitative estimate of drug-likeness (QED) is 0.833. The Labute approximate surface area is 124 Å². The Kier molecular flexibility index (Phi) is 4.73. The van der Waals surface area contributed by atoms with Gasteiger partial charge in [-0.1, -0.05) is 42.5 Å². The highest BCUT2D eigenvalue weighted by atomic mass is 32.1. The normalized spacial score (nSPS) is 19.1. The van der Waals surface area contributed by atoms with Crippen LogP contribution < -0.4 is 11.1 Å². The van der Waals surface area contributed by atoms with Crippen LogP contribution in [-0.4, -0.2) is 24.1 Å². The predicted octanol–water partition coefficient (Wildman–Crippen LogP) is 1.95. The van der Waals surface area contributed by atoms with Gasteiger partial charge in [-0.3, -0.25) is 4.79 Å². The molecule has 0 saturated carbocycles. The Morgan fingerprint density at radius 1 is 1.35 bits per heavy atom. The Bertz CT molecular complexity index is 484. The molecule has 1 unspecified atom stereocenters. The second-order valence-electron chi connectivity index (χ2n) is 5.16. The lowest BCUT2D eigenvalue weighted by molar-refractivity contribution is -0.132. The molecule has 0 aromatic heterocycles. The molecule has 0 aliphatic carbocycles. The fourth-order valence-corrected chi connectivity index (χ4v) is 2.76. The average molecular weight is 292 g/mol. The van der Waals surface area contributed by atoms with Crippen LogP contribution in [0.3, 0.4) is 0 Å². The van der Waals surface area contributed by atoms with E-state index in [1.54, 1.807) is 0 Å². The molecule has 1 heterocycles. The number of benzene rings is 1. The van der Waals surface area contributed by atoms with Crippen molar-refractivity contribution < 1.29 is 9.53 Å². The lowest BCUT2D eigenvalue weighted by Gasteiger charge is -2.35. The fraction of sp³-hybridized carbons (Fsp3) is 0.467. The van der Waals surface area contributed by atoms with Crippen LogP contribution in [0, 0.1) is 5.41 Å². The van der Waals surface area contributed by atoms with Gasteiger partial charge in [0.1, 0.15) is 5.41 Å². The summed E-state index contributed by atoms with van der Waals surface area (Å²) in [5.41, 5.74) is 6.13. The molecule has 2 rings (SSSR count). The number of carbonyl (C=O) groups is 1. The van der Waals surface area contributed by atoms with Crippen molar-refractivity contribution in [1.82, 2.24) is 5.32 Å². The van der Waals surface area contributed by atoms with E-state index in [9.17, 15) is 4.79 Å². The Morgan fingerprint density at radius 2 is 1.95 bits per heavy atom. The minimum absolute atomic E-state index is 0.0715. The van der Waals surface area contributed by atoms with E-state index in [0.717, 1.165) is 5.56 Å². The zero-order valence-corrected chi connectivity index (χ0v) is 12.4. The molecule has 1 aromatic rings. The van der Waals surface area contributed by atoms with Gasteiger partial charge in [0.15, 0.2) is 0 Å². The molecule has 0 spiro atoms. The van der Waals surface area contributed by atoms with Crippen molar-refractivity contribution in [2.45, 2.75) is 25.8 Å². The smallest absolute Gasteiger partial charge is 0.233 e. The van der Waals surface area contributed by atoms with E-state index in [1.165, 1.54) is 0 Å². The second kappa shape index (κ2) is 6.33. The van der Waals surface area contributed by atoms with Crippen LogP contribution in [0.1, 0.15) is 31.4 Å². The largest absolute Gasteiger partial charge is 0.392 e. The maximum atomic E-state index is 12.6. The number of nitrogens with one attached hydrogen (secondary N) is 1. The van der Waals surface area contributed by atoms with E-state index in [0.29, 0.717) is 26.1 Å². The van der Waals surface area contributed by atoms with Crippen LogP contribution in [-0.2, 0) is 9.53 Å². The van der Waals surface area contributed by atoms with Gasteiger partial charge in [0, 0.05) is 13.2 Å². The van der Waals surface area contributed by atoms with Crippen LogP contribution in [0.5, 0.6) is 0 Å². The molecule has 1 aliphatic heterocycles. The number of thiocarbonyl (C=S) groups is 1. The third-order valence-corrected chi connectivity index (χ3v) is 4.29. The summed E-state index contributed by atoms with van der Waals surface area (Å²) in [7, 11) is 0. The van der Waals surface area contributed by atoms with E-state index in [-0.39, 0.29) is 16.9 Å². The van der Waals surface area contributed by atoms with Gasteiger partial charge in [-0.2, -0.15) is 0 Å². The molecule has 20 heavy (non-hydrogen) atoms. The maximum absolute atomic E-state index is 12.6. The maximum Gasteiger partial charge on any atom is 0.233 e. The summed E-state index contributed by atoms with van der Waals surface area (Å²) in [5, 5.41) is 3.03. The van der Waals surface area contributed by atoms with Gasteiger partial charge in [-0.25, -0.2) is 0 Å². The van der Waals surface area contributed by atoms with Crippen molar-refractivity contribution in [3.8, 4) is 0 Å². The summed E-state index contributed by atoms with van der Waals surface area (Å²) in [5.74, 6) is -0.0929. The molecule has 1 saturated heterocycles. The first kappa shape index (κ1) is 14.9. The summed E-state index contributed by atoms with van der Waals surface area (Å²) in [6.07, 6.45) is 1.10. The molecule has 4 nitrogen and oxygen atoms in total. The molecule has 1 amide bonds. The van der Waals surface area contributed by atoms with E-state index in [4.69, 9.17) is 22.7 Å². The number of nitrogens with two attached hydrogens (primary N) is 1. The van der Waals surface area contributed by atoms with Gasteiger partial charge in [0.25, 0.3) is 0 Å². The summed E-state index contributed by atoms with van der Waals surface area (Å²) >= 11 is 5.13. The van der Waals surface area contributed by atoms with Crippen LogP contribution in [0.25, 0.3) is 0 Å². The molecule has 1 fully saturated rings. The first-order valence-corrected chi connectivity index (χ1v) is 7.21. The first-order chi connectivity index (χ1) is 9.56. The third-order valence-electron chi connectivity index (χ3n) is 3.90. The summed E-state index contributed by atoms with van der Waals surface area (Å²) in [6, 6.07) is 9.77. The fourth-order valence-electron chi connectivity index (χ4n) is 2.47. The lowest BCUT2D eigenvalue weighted by atomic mass is 9.79. The Balaban J connectivity index is 2.11. The summed E-state index contributed by atoms with van der Waals surface area (Å²) in [4.78, 5) is 12.9. The molecule has 1 atom stereocenters. The molecule has 108 valence electrons. The zero-order valence-electron chi connectivity index (χ0n) is 11.6. The van der Waals surface area contributed by atoms with E-state index < -0.39 is 5.41 Å². The van der Waals surface area contributed by atoms with Gasteiger partial charge in [-0.15, -0.1) is 0 Å². The minimum atomic E-state index is -0.767. The number of hydrogen-bond donors (Lipinski definition) is 2. The number of ether oxygens (including phenoxy) is 1. The van der Waals surface area contributed by atoms with Crippen LogP contribution in [0.15, 0.2) is 30.3 Å². The highest BCUT2D eigenvalue weighted by Gasteiger charge is 2.43. The van der Waals surface area contributed by atoms with Gasteiger partial charge in [0.2, 0.25) is 5.91 Å². The van der Waals surface area contributed by atoms with Crippen molar-refractivity contribution in [3.63, 3.8) is 0 Å². The van der Waals surface area contributed by atoms with E-state index in [1.807, 2.05) is 37.3 Å². The zero-order chi connectivity index (χ0) is 14.6. The van der Waals surface area contributed by atoms with Crippen molar-refractivity contribution >= 4 is 23.1 Å². The first-order valence-electron chi connectivity index (χ1n) is 6.80. The van der Waals surface area contributed by atoms with E-state index in [2.05, 4.69) is 5.32 Å². The van der Waals surface area contributed by atoms with Gasteiger partial charge in [0.05, 0.1) is 11.0 Å². The highest BCUT2D eigenvalue weighted by molar-refractivity contribution is 7.80. The molecule has 5 heteroatoms. The lowest BCUT2D eigenvalue weighted by Crippen LogP contribution is -2.52. The van der Waals surface area contributed by atoms with Crippen LogP contribution in [0.2, 0.25) is 0 Å². The molecule has 0 radical (unpaired) electrons. The van der Waals surface area contributed by atoms with E-state index >= 15 is 0 Å². The topological polar surface area (TPSA) is 64.4 Å². The molecular weight excluding hydrogens is 272 g/mol. The Morgan fingerprint density at radius 3 is 2.50 bits per heavy atom. The van der Waals surface area contributed by atoms with Crippen molar-refractivity contribution in [1.29, 1.82) is 0 Å². The standard InChI is InChI=1S/C15H20N2O2S/c1-11(12-5-3-2-4-6-12)17-14(18)15(13(16)20)7-9-19-10-8-15/h2-6,11H,7-10H2,1H3,(H2,16,20)(H,17,18). The molecule has 0 bridgehead atoms.